The molecule has 2 aromatic carbocycles. The SMILES string of the molecule is COc1ccc(NC(=O)CSc2ccc(Br)cc2)cc1NC(=O)OC(C)(C)C. The van der Waals surface area contributed by atoms with Crippen molar-refractivity contribution in [1.29, 1.82) is 0 Å². The van der Waals surface area contributed by atoms with Gasteiger partial charge in [0.05, 0.1) is 18.6 Å². The van der Waals surface area contributed by atoms with E-state index in [1.807, 2.05) is 24.3 Å². The molecule has 0 heterocycles. The van der Waals surface area contributed by atoms with Crippen LogP contribution in [0.1, 0.15) is 20.8 Å². The van der Waals surface area contributed by atoms with Crippen molar-refractivity contribution >= 4 is 51.1 Å². The zero-order chi connectivity index (χ0) is 20.7. The highest BCUT2D eigenvalue weighted by molar-refractivity contribution is 9.10. The summed E-state index contributed by atoms with van der Waals surface area (Å²) in [6, 6.07) is 12.8. The van der Waals surface area contributed by atoms with Gasteiger partial charge in [-0.05, 0) is 63.2 Å². The number of ether oxygens (including phenoxy) is 2. The van der Waals surface area contributed by atoms with Gasteiger partial charge in [0, 0.05) is 15.1 Å². The maximum atomic E-state index is 12.2. The molecular formula is C20H23BrN2O4S. The van der Waals surface area contributed by atoms with Gasteiger partial charge in [0.2, 0.25) is 5.91 Å². The van der Waals surface area contributed by atoms with Crippen LogP contribution in [0.25, 0.3) is 0 Å². The van der Waals surface area contributed by atoms with Crippen molar-refractivity contribution in [3.05, 3.63) is 46.9 Å². The van der Waals surface area contributed by atoms with E-state index in [4.69, 9.17) is 9.47 Å². The molecule has 2 aromatic rings. The number of benzene rings is 2. The molecule has 0 unspecified atom stereocenters. The summed E-state index contributed by atoms with van der Waals surface area (Å²) in [5.41, 5.74) is 0.344. The topological polar surface area (TPSA) is 76.7 Å². The summed E-state index contributed by atoms with van der Waals surface area (Å²) in [5, 5.41) is 5.47. The smallest absolute Gasteiger partial charge is 0.412 e. The Morgan fingerprint density at radius 3 is 2.36 bits per heavy atom. The van der Waals surface area contributed by atoms with Crippen LogP contribution in [0.5, 0.6) is 5.75 Å². The number of halogens is 1. The van der Waals surface area contributed by atoms with Crippen molar-refractivity contribution in [2.24, 2.45) is 0 Å². The lowest BCUT2D eigenvalue weighted by atomic mass is 10.2. The first-order chi connectivity index (χ1) is 13.2. The number of thioether (sulfide) groups is 1. The molecule has 8 heteroatoms. The van der Waals surface area contributed by atoms with Gasteiger partial charge in [0.15, 0.2) is 0 Å². The van der Waals surface area contributed by atoms with Crippen LogP contribution < -0.4 is 15.4 Å². The van der Waals surface area contributed by atoms with E-state index < -0.39 is 11.7 Å². The Labute approximate surface area is 177 Å². The Bertz CT molecular complexity index is 835. The molecule has 2 rings (SSSR count). The quantitative estimate of drug-likeness (QED) is 0.546. The summed E-state index contributed by atoms with van der Waals surface area (Å²) < 4.78 is 11.5. The summed E-state index contributed by atoms with van der Waals surface area (Å²) >= 11 is 4.82. The third-order valence-electron chi connectivity index (χ3n) is 3.30. The average molecular weight is 467 g/mol. The third kappa shape index (κ3) is 7.44. The molecule has 0 aliphatic heterocycles. The Morgan fingerprint density at radius 2 is 1.75 bits per heavy atom. The Balaban J connectivity index is 2.00. The van der Waals surface area contributed by atoms with Crippen LogP contribution in [0.4, 0.5) is 16.2 Å². The number of hydrogen-bond acceptors (Lipinski definition) is 5. The van der Waals surface area contributed by atoms with E-state index in [1.54, 1.807) is 39.0 Å². The molecule has 2 amide bonds. The number of amides is 2. The highest BCUT2D eigenvalue weighted by Gasteiger charge is 2.18. The van der Waals surface area contributed by atoms with Gasteiger partial charge in [-0.2, -0.15) is 0 Å². The maximum Gasteiger partial charge on any atom is 0.412 e. The van der Waals surface area contributed by atoms with Crippen LogP contribution in [-0.4, -0.2) is 30.5 Å². The van der Waals surface area contributed by atoms with Gasteiger partial charge in [-0.15, -0.1) is 11.8 Å². The first-order valence-corrected chi connectivity index (χ1v) is 10.3. The lowest BCUT2D eigenvalue weighted by molar-refractivity contribution is -0.113. The summed E-state index contributed by atoms with van der Waals surface area (Å²) in [4.78, 5) is 25.3. The van der Waals surface area contributed by atoms with Crippen LogP contribution in [-0.2, 0) is 9.53 Å². The summed E-state index contributed by atoms with van der Waals surface area (Å²) in [6.07, 6.45) is -0.597. The van der Waals surface area contributed by atoms with Crippen molar-refractivity contribution in [3.63, 3.8) is 0 Å². The molecule has 6 nitrogen and oxygen atoms in total. The van der Waals surface area contributed by atoms with Gasteiger partial charge in [0.25, 0.3) is 0 Å². The van der Waals surface area contributed by atoms with E-state index in [-0.39, 0.29) is 11.7 Å². The minimum atomic E-state index is -0.618. The summed E-state index contributed by atoms with van der Waals surface area (Å²) in [6.45, 7) is 5.34. The van der Waals surface area contributed by atoms with E-state index in [0.717, 1.165) is 9.37 Å². The second-order valence-corrected chi connectivity index (χ2v) is 8.80. The predicted octanol–water partition coefficient (Wildman–Crippen LogP) is 5.54. The Morgan fingerprint density at radius 1 is 1.07 bits per heavy atom. The fourth-order valence-corrected chi connectivity index (χ4v) is 3.14. The second kappa shape index (κ2) is 9.84. The highest BCUT2D eigenvalue weighted by atomic mass is 79.9. The molecule has 0 radical (unpaired) electrons. The maximum absolute atomic E-state index is 12.2. The molecule has 0 aliphatic rings. The second-order valence-electron chi connectivity index (χ2n) is 6.83. The normalized spacial score (nSPS) is 10.9. The van der Waals surface area contributed by atoms with Crippen molar-refractivity contribution in [1.82, 2.24) is 0 Å². The zero-order valence-electron chi connectivity index (χ0n) is 16.2. The van der Waals surface area contributed by atoms with Crippen LogP contribution in [0.15, 0.2) is 51.8 Å². The fraction of sp³-hybridized carbons (Fsp3) is 0.300. The fourth-order valence-electron chi connectivity index (χ4n) is 2.17. The van der Waals surface area contributed by atoms with Gasteiger partial charge in [-0.1, -0.05) is 15.9 Å². The van der Waals surface area contributed by atoms with Crippen LogP contribution in [0.3, 0.4) is 0 Å². The Hall–Kier alpha value is -2.19. The van der Waals surface area contributed by atoms with Crippen LogP contribution in [0.2, 0.25) is 0 Å². The number of anilines is 2. The molecule has 2 N–H and O–H groups in total. The molecule has 150 valence electrons. The average Bonchev–Trinajstić information content (AvgIpc) is 2.60. The molecule has 0 saturated carbocycles. The molecule has 0 spiro atoms. The van der Waals surface area contributed by atoms with E-state index in [1.165, 1.54) is 18.9 Å². The Kier molecular flexibility index (Phi) is 7.77. The van der Waals surface area contributed by atoms with Crippen molar-refractivity contribution in [2.75, 3.05) is 23.5 Å². The molecular weight excluding hydrogens is 444 g/mol. The van der Waals surface area contributed by atoms with E-state index >= 15 is 0 Å². The first-order valence-electron chi connectivity index (χ1n) is 8.52. The minimum absolute atomic E-state index is 0.152. The van der Waals surface area contributed by atoms with E-state index in [9.17, 15) is 9.59 Å². The van der Waals surface area contributed by atoms with Crippen molar-refractivity contribution < 1.29 is 19.1 Å². The standard InChI is InChI=1S/C20H23BrN2O4S/c1-20(2,3)27-19(25)23-16-11-14(7-10-17(16)26-4)22-18(24)12-28-15-8-5-13(21)6-9-15/h5-11H,12H2,1-4H3,(H,22,24)(H,23,25). The van der Waals surface area contributed by atoms with Crippen LogP contribution >= 0.6 is 27.7 Å². The summed E-state index contributed by atoms with van der Waals surface area (Å²) in [7, 11) is 1.50. The monoisotopic (exact) mass is 466 g/mol. The summed E-state index contributed by atoms with van der Waals surface area (Å²) in [5.74, 6) is 0.581. The predicted molar refractivity (Wildman–Crippen MR) is 116 cm³/mol. The molecule has 0 aliphatic carbocycles. The molecule has 0 atom stereocenters. The van der Waals surface area contributed by atoms with Crippen molar-refractivity contribution in [2.45, 2.75) is 31.3 Å². The highest BCUT2D eigenvalue weighted by Crippen LogP contribution is 2.29. The first kappa shape index (κ1) is 22.1. The number of carbonyl (C=O) groups excluding carboxylic acids is 2. The number of nitrogens with one attached hydrogen (secondary N) is 2. The number of rotatable bonds is 6. The largest absolute Gasteiger partial charge is 0.495 e. The minimum Gasteiger partial charge on any atom is -0.495 e. The number of methoxy groups -OCH3 is 1. The third-order valence-corrected chi connectivity index (χ3v) is 4.84. The zero-order valence-corrected chi connectivity index (χ0v) is 18.6. The van der Waals surface area contributed by atoms with E-state index in [0.29, 0.717) is 17.1 Å². The molecule has 0 fully saturated rings. The van der Waals surface area contributed by atoms with Gasteiger partial charge >= 0.3 is 6.09 Å². The van der Waals surface area contributed by atoms with Crippen molar-refractivity contribution in [3.8, 4) is 5.75 Å². The van der Waals surface area contributed by atoms with Gasteiger partial charge in [0.1, 0.15) is 11.4 Å². The van der Waals surface area contributed by atoms with E-state index in [2.05, 4.69) is 26.6 Å². The lowest BCUT2D eigenvalue weighted by Gasteiger charge is -2.20. The van der Waals surface area contributed by atoms with Gasteiger partial charge in [-0.25, -0.2) is 4.79 Å². The number of hydrogen-bond donors (Lipinski definition) is 2. The lowest BCUT2D eigenvalue weighted by Crippen LogP contribution is -2.27. The molecule has 0 aromatic heterocycles. The molecule has 28 heavy (non-hydrogen) atoms. The number of carbonyl (C=O) groups is 2. The van der Waals surface area contributed by atoms with Gasteiger partial charge < -0.3 is 14.8 Å². The van der Waals surface area contributed by atoms with Crippen LogP contribution in [0, 0.1) is 0 Å². The molecule has 0 saturated heterocycles. The van der Waals surface area contributed by atoms with Gasteiger partial charge in [-0.3, -0.25) is 10.1 Å². The molecule has 0 bridgehead atoms.